The molecule has 0 fully saturated rings. The molecule has 0 aliphatic carbocycles. The number of rotatable bonds is 6. The van der Waals surface area contributed by atoms with E-state index in [1.807, 2.05) is 13.8 Å². The van der Waals surface area contributed by atoms with Crippen molar-refractivity contribution in [3.8, 4) is 0 Å². The monoisotopic (exact) mass is 294 g/mol. The van der Waals surface area contributed by atoms with Crippen LogP contribution in [0.4, 0.5) is 11.4 Å². The van der Waals surface area contributed by atoms with Gasteiger partial charge in [0.15, 0.2) is 0 Å². The minimum atomic E-state index is -0.629. The fourth-order valence-corrected chi connectivity index (χ4v) is 1.51. The van der Waals surface area contributed by atoms with Gasteiger partial charge in [0, 0.05) is 18.2 Å². The van der Waals surface area contributed by atoms with E-state index in [9.17, 15) is 19.7 Å². The number of amides is 2. The molecule has 1 rings (SSSR count). The maximum atomic E-state index is 11.8. The Morgan fingerprint density at radius 2 is 2.00 bits per heavy atom. The first-order valence-corrected chi connectivity index (χ1v) is 6.40. The summed E-state index contributed by atoms with van der Waals surface area (Å²) in [6.45, 7) is 4.28. The lowest BCUT2D eigenvalue weighted by molar-refractivity contribution is -0.383. The lowest BCUT2D eigenvalue weighted by atomic mass is 10.1. The molecule has 21 heavy (non-hydrogen) atoms. The van der Waals surface area contributed by atoms with Crippen LogP contribution in [0.2, 0.25) is 0 Å². The van der Waals surface area contributed by atoms with Crippen LogP contribution in [0.15, 0.2) is 18.2 Å². The zero-order valence-electron chi connectivity index (χ0n) is 11.9. The van der Waals surface area contributed by atoms with Gasteiger partial charge in [0.25, 0.3) is 11.6 Å². The first-order chi connectivity index (χ1) is 9.81. The summed E-state index contributed by atoms with van der Waals surface area (Å²) in [4.78, 5) is 33.2. The summed E-state index contributed by atoms with van der Waals surface area (Å²) in [6, 6.07) is 3.65. The lowest BCUT2D eigenvalue weighted by Gasteiger charge is -2.09. The van der Waals surface area contributed by atoms with Crippen LogP contribution < -0.4 is 16.4 Å². The molecule has 4 N–H and O–H groups in total. The molecule has 0 bridgehead atoms. The number of carbonyl (C=O) groups is 2. The van der Waals surface area contributed by atoms with Gasteiger partial charge in [-0.2, -0.15) is 0 Å². The van der Waals surface area contributed by atoms with E-state index in [0.717, 1.165) is 6.07 Å². The third-order valence-corrected chi connectivity index (χ3v) is 2.60. The van der Waals surface area contributed by atoms with E-state index in [4.69, 9.17) is 5.73 Å². The molecule has 8 nitrogen and oxygen atoms in total. The van der Waals surface area contributed by atoms with Crippen LogP contribution in [0.25, 0.3) is 0 Å². The first kappa shape index (κ1) is 16.4. The normalized spacial score (nSPS) is 10.2. The van der Waals surface area contributed by atoms with Crippen LogP contribution in [0.1, 0.15) is 24.2 Å². The van der Waals surface area contributed by atoms with E-state index in [2.05, 4.69) is 10.6 Å². The molecule has 0 aromatic heterocycles. The molecule has 0 unspecified atom stereocenters. The summed E-state index contributed by atoms with van der Waals surface area (Å²) < 4.78 is 0. The lowest BCUT2D eigenvalue weighted by Crippen LogP contribution is -2.38. The number of nitrogens with zero attached hydrogens (tertiary/aromatic N) is 1. The number of carbonyl (C=O) groups excluding carboxylic acids is 2. The molecule has 0 atom stereocenters. The number of hydrogen-bond acceptors (Lipinski definition) is 5. The third-order valence-electron chi connectivity index (χ3n) is 2.60. The van der Waals surface area contributed by atoms with Gasteiger partial charge in [-0.05, 0) is 18.1 Å². The Morgan fingerprint density at radius 1 is 1.33 bits per heavy atom. The van der Waals surface area contributed by atoms with E-state index in [1.54, 1.807) is 0 Å². The van der Waals surface area contributed by atoms with E-state index < -0.39 is 10.8 Å². The van der Waals surface area contributed by atoms with E-state index in [0.29, 0.717) is 12.5 Å². The van der Waals surface area contributed by atoms with Crippen molar-refractivity contribution in [3.05, 3.63) is 33.9 Å². The molecule has 1 aromatic rings. The second-order valence-corrected chi connectivity index (χ2v) is 4.91. The van der Waals surface area contributed by atoms with Gasteiger partial charge >= 0.3 is 0 Å². The number of nitrogens with two attached hydrogens (primary N) is 1. The average Bonchev–Trinajstić information content (AvgIpc) is 2.41. The first-order valence-electron chi connectivity index (χ1n) is 6.40. The van der Waals surface area contributed by atoms with E-state index in [-0.39, 0.29) is 29.4 Å². The number of nitro benzene ring substituents is 1. The molecule has 2 amide bonds. The molecule has 0 heterocycles. The van der Waals surface area contributed by atoms with Gasteiger partial charge < -0.3 is 16.4 Å². The summed E-state index contributed by atoms with van der Waals surface area (Å²) in [5, 5.41) is 15.7. The number of nitrogens with one attached hydrogen (secondary N) is 2. The van der Waals surface area contributed by atoms with Crippen molar-refractivity contribution >= 4 is 23.2 Å². The standard InChI is InChI=1S/C13H18N4O4/c1-8(2)6-15-12(18)7-16-13(19)9-3-4-11(17(20)21)10(14)5-9/h3-5,8H,6-7,14H2,1-2H3,(H,15,18)(H,16,19). The van der Waals surface area contributed by atoms with Crippen LogP contribution >= 0.6 is 0 Å². The molecule has 0 aliphatic rings. The largest absolute Gasteiger partial charge is 0.393 e. The van der Waals surface area contributed by atoms with Crippen LogP contribution in [0, 0.1) is 16.0 Å². The number of nitrogen functional groups attached to an aromatic ring is 1. The van der Waals surface area contributed by atoms with Crippen molar-refractivity contribution in [1.82, 2.24) is 10.6 Å². The van der Waals surface area contributed by atoms with Crippen LogP contribution in [0.3, 0.4) is 0 Å². The van der Waals surface area contributed by atoms with Gasteiger partial charge in [0.1, 0.15) is 5.69 Å². The van der Waals surface area contributed by atoms with Crippen LogP contribution in [-0.2, 0) is 4.79 Å². The Bertz CT molecular complexity index is 557. The Morgan fingerprint density at radius 3 is 2.52 bits per heavy atom. The summed E-state index contributed by atoms with van der Waals surface area (Å²) in [7, 11) is 0. The predicted molar refractivity (Wildman–Crippen MR) is 77.7 cm³/mol. The van der Waals surface area contributed by atoms with Crippen molar-refractivity contribution in [2.75, 3.05) is 18.8 Å². The second kappa shape index (κ2) is 7.22. The summed E-state index contributed by atoms with van der Waals surface area (Å²) in [5.41, 5.74) is 5.30. The van der Waals surface area contributed by atoms with Crippen molar-refractivity contribution in [1.29, 1.82) is 0 Å². The van der Waals surface area contributed by atoms with Gasteiger partial charge in [0.05, 0.1) is 11.5 Å². The highest BCUT2D eigenvalue weighted by Crippen LogP contribution is 2.21. The fraction of sp³-hybridized carbons (Fsp3) is 0.385. The average molecular weight is 294 g/mol. The highest BCUT2D eigenvalue weighted by Gasteiger charge is 2.15. The number of benzene rings is 1. The number of anilines is 1. The number of hydrogen-bond donors (Lipinski definition) is 3. The maximum Gasteiger partial charge on any atom is 0.292 e. The van der Waals surface area contributed by atoms with Crippen LogP contribution in [-0.4, -0.2) is 29.8 Å². The highest BCUT2D eigenvalue weighted by atomic mass is 16.6. The Hall–Kier alpha value is -2.64. The Balaban J connectivity index is 2.58. The smallest absolute Gasteiger partial charge is 0.292 e. The fourth-order valence-electron chi connectivity index (χ4n) is 1.51. The molecule has 0 spiro atoms. The SMILES string of the molecule is CC(C)CNC(=O)CNC(=O)c1ccc([N+](=O)[O-])c(N)c1. The van der Waals surface area contributed by atoms with Crippen molar-refractivity contribution < 1.29 is 14.5 Å². The van der Waals surface area contributed by atoms with Gasteiger partial charge in [-0.3, -0.25) is 19.7 Å². The maximum absolute atomic E-state index is 11.8. The van der Waals surface area contributed by atoms with Gasteiger partial charge in [0.2, 0.25) is 5.91 Å². The van der Waals surface area contributed by atoms with Gasteiger partial charge in [-0.25, -0.2) is 0 Å². The summed E-state index contributed by atoms with van der Waals surface area (Å²) in [6.07, 6.45) is 0. The molecule has 8 heteroatoms. The topological polar surface area (TPSA) is 127 Å². The van der Waals surface area contributed by atoms with Crippen molar-refractivity contribution in [2.24, 2.45) is 5.92 Å². The van der Waals surface area contributed by atoms with Crippen molar-refractivity contribution in [3.63, 3.8) is 0 Å². The molecule has 0 aliphatic heterocycles. The van der Waals surface area contributed by atoms with Crippen molar-refractivity contribution in [2.45, 2.75) is 13.8 Å². The zero-order chi connectivity index (χ0) is 16.0. The minimum Gasteiger partial charge on any atom is -0.393 e. The Labute approximate surface area is 121 Å². The molecular formula is C13H18N4O4. The molecule has 1 aromatic carbocycles. The van der Waals surface area contributed by atoms with E-state index in [1.165, 1.54) is 12.1 Å². The molecular weight excluding hydrogens is 276 g/mol. The second-order valence-electron chi connectivity index (χ2n) is 4.91. The quantitative estimate of drug-likeness (QED) is 0.404. The molecule has 0 radical (unpaired) electrons. The number of nitro groups is 1. The minimum absolute atomic E-state index is 0.100. The predicted octanol–water partition coefficient (Wildman–Crippen LogP) is 0.679. The third kappa shape index (κ3) is 5.09. The van der Waals surface area contributed by atoms with Gasteiger partial charge in [-0.1, -0.05) is 13.8 Å². The molecule has 0 saturated carbocycles. The molecule has 114 valence electrons. The van der Waals surface area contributed by atoms with E-state index >= 15 is 0 Å². The highest BCUT2D eigenvalue weighted by molar-refractivity contribution is 5.97. The Kier molecular flexibility index (Phi) is 5.65. The summed E-state index contributed by atoms with van der Waals surface area (Å²) >= 11 is 0. The van der Waals surface area contributed by atoms with Crippen LogP contribution in [0.5, 0.6) is 0 Å². The van der Waals surface area contributed by atoms with Gasteiger partial charge in [-0.15, -0.1) is 0 Å². The zero-order valence-corrected chi connectivity index (χ0v) is 11.9. The summed E-state index contributed by atoms with van der Waals surface area (Å²) in [5.74, 6) is -0.498. The molecule has 0 saturated heterocycles.